The Morgan fingerprint density at radius 3 is 2.75 bits per heavy atom. The molecule has 0 radical (unpaired) electrons. The molecule has 1 aliphatic heterocycles. The van der Waals surface area contributed by atoms with Gasteiger partial charge in [0.2, 0.25) is 11.8 Å². The molecule has 0 aromatic carbocycles. The molecule has 1 aromatic rings. The van der Waals surface area contributed by atoms with Crippen LogP contribution in [0.25, 0.3) is 0 Å². The first-order chi connectivity index (χ1) is 9.29. The zero-order chi connectivity index (χ0) is 14.9. The van der Waals surface area contributed by atoms with Crippen molar-refractivity contribution < 1.29 is 9.59 Å². The molecule has 1 aliphatic rings. The van der Waals surface area contributed by atoms with Crippen LogP contribution in [0.2, 0.25) is 0 Å². The molecule has 2 rings (SSSR count). The molecule has 1 saturated heterocycles. The second-order valence-corrected chi connectivity index (χ2v) is 6.40. The lowest BCUT2D eigenvalue weighted by Crippen LogP contribution is -2.37. The van der Waals surface area contributed by atoms with E-state index in [0.717, 1.165) is 5.56 Å². The van der Waals surface area contributed by atoms with Crippen LogP contribution in [0.3, 0.4) is 0 Å². The number of hydrogen-bond donors (Lipinski definition) is 2. The van der Waals surface area contributed by atoms with Gasteiger partial charge in [0, 0.05) is 18.7 Å². The van der Waals surface area contributed by atoms with E-state index in [0.29, 0.717) is 12.4 Å². The van der Waals surface area contributed by atoms with Crippen LogP contribution in [0.1, 0.15) is 26.3 Å². The first kappa shape index (κ1) is 14.5. The van der Waals surface area contributed by atoms with Crippen LogP contribution in [0, 0.1) is 24.2 Å². The van der Waals surface area contributed by atoms with Gasteiger partial charge in [0.1, 0.15) is 11.7 Å². The fraction of sp³-hybridized carbons (Fsp3) is 0.533. The summed E-state index contributed by atoms with van der Waals surface area (Å²) in [4.78, 5) is 28.4. The van der Waals surface area contributed by atoms with Gasteiger partial charge in [-0.3, -0.25) is 9.59 Å². The summed E-state index contributed by atoms with van der Waals surface area (Å²) in [6, 6.07) is 3.65. The van der Waals surface area contributed by atoms with Crippen molar-refractivity contribution in [2.24, 2.45) is 17.3 Å². The molecule has 2 heterocycles. The average Bonchev–Trinajstić information content (AvgIpc) is 2.71. The Hall–Kier alpha value is -1.91. The zero-order valence-electron chi connectivity index (χ0n) is 12.4. The van der Waals surface area contributed by atoms with Gasteiger partial charge in [-0.05, 0) is 30.0 Å². The molecule has 1 fully saturated rings. The first-order valence-corrected chi connectivity index (χ1v) is 6.80. The summed E-state index contributed by atoms with van der Waals surface area (Å²) in [7, 11) is 0. The molecular formula is C15H21N3O2. The molecule has 0 bridgehead atoms. The van der Waals surface area contributed by atoms with E-state index in [1.54, 1.807) is 12.3 Å². The van der Waals surface area contributed by atoms with Gasteiger partial charge in [-0.2, -0.15) is 0 Å². The molecule has 108 valence electrons. The summed E-state index contributed by atoms with van der Waals surface area (Å²) in [5, 5.41) is 5.53. The Balaban J connectivity index is 2.17. The monoisotopic (exact) mass is 275 g/mol. The van der Waals surface area contributed by atoms with Crippen LogP contribution in [-0.4, -0.2) is 23.3 Å². The summed E-state index contributed by atoms with van der Waals surface area (Å²) < 4.78 is 0. The molecule has 2 N–H and O–H groups in total. The third-order valence-electron chi connectivity index (χ3n) is 3.74. The maximum atomic E-state index is 12.4. The molecule has 1 aromatic heterocycles. The van der Waals surface area contributed by atoms with Gasteiger partial charge >= 0.3 is 0 Å². The number of nitrogens with zero attached hydrogens (tertiary/aromatic N) is 1. The minimum absolute atomic E-state index is 0.0141. The van der Waals surface area contributed by atoms with Gasteiger partial charge in [0.05, 0.1) is 0 Å². The second-order valence-electron chi connectivity index (χ2n) is 6.40. The van der Waals surface area contributed by atoms with Crippen LogP contribution >= 0.6 is 0 Å². The molecule has 5 nitrogen and oxygen atoms in total. The third kappa shape index (κ3) is 2.98. The van der Waals surface area contributed by atoms with E-state index in [1.165, 1.54) is 0 Å². The minimum Gasteiger partial charge on any atom is -0.355 e. The van der Waals surface area contributed by atoms with E-state index in [2.05, 4.69) is 15.6 Å². The fourth-order valence-corrected chi connectivity index (χ4v) is 2.54. The molecule has 0 unspecified atom stereocenters. The van der Waals surface area contributed by atoms with E-state index >= 15 is 0 Å². The number of hydrogen-bond acceptors (Lipinski definition) is 3. The van der Waals surface area contributed by atoms with Crippen LogP contribution in [0.15, 0.2) is 18.3 Å². The number of carbonyl (C=O) groups is 2. The van der Waals surface area contributed by atoms with Crippen LogP contribution < -0.4 is 10.6 Å². The van der Waals surface area contributed by atoms with Gasteiger partial charge in [-0.1, -0.05) is 20.8 Å². The quantitative estimate of drug-likeness (QED) is 0.808. The second kappa shape index (κ2) is 5.23. The summed E-state index contributed by atoms with van der Waals surface area (Å²) in [5.74, 6) is -0.660. The summed E-state index contributed by atoms with van der Waals surface area (Å²) in [6.45, 7) is 8.61. The van der Waals surface area contributed by atoms with Crippen molar-refractivity contribution in [1.82, 2.24) is 10.3 Å². The lowest BCUT2D eigenvalue weighted by molar-refractivity contribution is -0.132. The summed E-state index contributed by atoms with van der Waals surface area (Å²) in [6.07, 6.45) is 1.64. The zero-order valence-corrected chi connectivity index (χ0v) is 12.4. The molecule has 2 atom stereocenters. The first-order valence-electron chi connectivity index (χ1n) is 6.80. The average molecular weight is 275 g/mol. The number of aryl methyl sites for hydroxylation is 1. The normalized spacial score (nSPS) is 22.5. The van der Waals surface area contributed by atoms with Crippen molar-refractivity contribution in [3.8, 4) is 0 Å². The van der Waals surface area contributed by atoms with Gasteiger partial charge in [0.25, 0.3) is 0 Å². The number of amides is 2. The van der Waals surface area contributed by atoms with Crippen molar-refractivity contribution in [1.29, 1.82) is 0 Å². The fourth-order valence-electron chi connectivity index (χ4n) is 2.54. The van der Waals surface area contributed by atoms with E-state index < -0.39 is 5.92 Å². The van der Waals surface area contributed by atoms with E-state index in [-0.39, 0.29) is 23.1 Å². The topological polar surface area (TPSA) is 71.1 Å². The number of carbonyl (C=O) groups excluding carboxylic acids is 2. The molecule has 5 heteroatoms. The Morgan fingerprint density at radius 1 is 1.45 bits per heavy atom. The lowest BCUT2D eigenvalue weighted by atomic mass is 9.74. The molecular weight excluding hydrogens is 254 g/mol. The Labute approximate surface area is 119 Å². The Bertz CT molecular complexity index is 534. The lowest BCUT2D eigenvalue weighted by Gasteiger charge is -2.29. The van der Waals surface area contributed by atoms with E-state index in [1.807, 2.05) is 33.8 Å². The highest BCUT2D eigenvalue weighted by atomic mass is 16.2. The summed E-state index contributed by atoms with van der Waals surface area (Å²) >= 11 is 0. The Kier molecular flexibility index (Phi) is 3.79. The maximum Gasteiger partial charge on any atom is 0.238 e. The third-order valence-corrected chi connectivity index (χ3v) is 3.74. The van der Waals surface area contributed by atoms with Crippen molar-refractivity contribution in [3.05, 3.63) is 23.9 Å². The molecule has 0 aliphatic carbocycles. The SMILES string of the molecule is Cc1ccnc(NC(=O)[C@H]2C(=O)NC[C@H]2C(C)(C)C)c1. The van der Waals surface area contributed by atoms with Crippen LogP contribution in [-0.2, 0) is 9.59 Å². The highest BCUT2D eigenvalue weighted by Gasteiger charge is 2.45. The molecule has 2 amide bonds. The van der Waals surface area contributed by atoms with Crippen LogP contribution in [0.4, 0.5) is 5.82 Å². The molecule has 0 spiro atoms. The largest absolute Gasteiger partial charge is 0.355 e. The van der Waals surface area contributed by atoms with Crippen molar-refractivity contribution in [2.45, 2.75) is 27.7 Å². The number of pyridine rings is 1. The summed E-state index contributed by atoms with van der Waals surface area (Å²) in [5.41, 5.74) is 0.903. The van der Waals surface area contributed by atoms with Crippen molar-refractivity contribution in [3.63, 3.8) is 0 Å². The van der Waals surface area contributed by atoms with Crippen molar-refractivity contribution >= 4 is 17.6 Å². The van der Waals surface area contributed by atoms with Gasteiger partial charge in [-0.15, -0.1) is 0 Å². The number of anilines is 1. The Morgan fingerprint density at radius 2 is 2.15 bits per heavy atom. The standard InChI is InChI=1S/C15H21N3O2/c1-9-5-6-16-11(7-9)18-14(20)12-10(15(2,3)4)8-17-13(12)19/h5-7,10,12H,8H2,1-4H3,(H,17,19)(H,16,18,20)/t10-,12-/m1/s1. The van der Waals surface area contributed by atoms with Crippen molar-refractivity contribution in [2.75, 3.05) is 11.9 Å². The predicted octanol–water partition coefficient (Wildman–Crippen LogP) is 1.74. The van der Waals surface area contributed by atoms with Gasteiger partial charge in [0.15, 0.2) is 0 Å². The van der Waals surface area contributed by atoms with Crippen LogP contribution in [0.5, 0.6) is 0 Å². The highest BCUT2D eigenvalue weighted by molar-refractivity contribution is 6.07. The number of rotatable bonds is 2. The molecule has 0 saturated carbocycles. The smallest absolute Gasteiger partial charge is 0.238 e. The van der Waals surface area contributed by atoms with Gasteiger partial charge in [-0.25, -0.2) is 4.98 Å². The van der Waals surface area contributed by atoms with E-state index in [9.17, 15) is 9.59 Å². The maximum absolute atomic E-state index is 12.4. The minimum atomic E-state index is -0.655. The van der Waals surface area contributed by atoms with Gasteiger partial charge < -0.3 is 10.6 Å². The molecule has 20 heavy (non-hydrogen) atoms. The van der Waals surface area contributed by atoms with E-state index in [4.69, 9.17) is 0 Å². The predicted molar refractivity (Wildman–Crippen MR) is 77.0 cm³/mol. The highest BCUT2D eigenvalue weighted by Crippen LogP contribution is 2.35. The number of aromatic nitrogens is 1. The number of nitrogens with one attached hydrogen (secondary N) is 2.